The van der Waals surface area contributed by atoms with Crippen LogP contribution in [0.15, 0.2) is 42.6 Å². The van der Waals surface area contributed by atoms with Crippen LogP contribution in [0, 0.1) is 23.7 Å². The zero-order chi connectivity index (χ0) is 30.4. The highest BCUT2D eigenvalue weighted by molar-refractivity contribution is 7.99. The highest BCUT2D eigenvalue weighted by Gasteiger charge is 2.48. The molecule has 1 aromatic heterocycles. The molecule has 0 N–H and O–H groups in total. The summed E-state index contributed by atoms with van der Waals surface area (Å²) in [4.78, 5) is 15.6. The summed E-state index contributed by atoms with van der Waals surface area (Å²) in [7, 11) is 1.68. The second kappa shape index (κ2) is 10.6. The highest BCUT2D eigenvalue weighted by Crippen LogP contribution is 2.57. The van der Waals surface area contributed by atoms with Crippen molar-refractivity contribution in [3.05, 3.63) is 64.8 Å². The van der Waals surface area contributed by atoms with Gasteiger partial charge in [-0.05, 0) is 107 Å². The Labute approximate surface area is 240 Å². The number of aryl methyl sites for hydroxylation is 1. The van der Waals surface area contributed by atoms with Gasteiger partial charge in [0.2, 0.25) is 0 Å². The minimum atomic E-state index is -1.97. The maximum Gasteiger partial charge on any atom is 0.419 e. The number of aromatic nitrogens is 1. The molecule has 0 radical (unpaired) electrons. The molecule has 6 nitrogen and oxygen atoms in total. The number of nitrogens with zero attached hydrogens (tertiary/aromatic N) is 3. The number of likely N-dealkylation sites (tertiary alicyclic amines) is 1. The van der Waals surface area contributed by atoms with Crippen LogP contribution >= 0.6 is 11.8 Å². The Morgan fingerprint density at radius 1 is 1.23 bits per heavy atom. The average Bonchev–Trinajstić information content (AvgIpc) is 3.34. The Morgan fingerprint density at radius 2 is 1.97 bits per heavy atom. The van der Waals surface area contributed by atoms with Crippen molar-refractivity contribution in [2.24, 2.45) is 5.41 Å². The normalized spacial score (nSPS) is 24.9. The van der Waals surface area contributed by atoms with E-state index in [2.05, 4.69) is 11.0 Å². The van der Waals surface area contributed by atoms with Crippen LogP contribution in [0.25, 0.3) is 10.9 Å². The quantitative estimate of drug-likeness (QED) is 0.330. The molecule has 2 aromatic carbocycles. The maximum absolute atomic E-state index is 13.1. The fourth-order valence-electron chi connectivity index (χ4n) is 6.41. The van der Waals surface area contributed by atoms with Crippen molar-refractivity contribution >= 4 is 28.8 Å². The van der Waals surface area contributed by atoms with E-state index in [0.717, 1.165) is 77.3 Å². The zero-order valence-electron chi connectivity index (χ0n) is 26.4. The summed E-state index contributed by atoms with van der Waals surface area (Å²) in [5.74, 6) is 0.776. The molecule has 1 saturated carbocycles. The predicted octanol–water partition coefficient (Wildman–Crippen LogP) is 7.46. The minimum absolute atomic E-state index is 0.0965. The molecule has 0 bridgehead atoms. The first-order valence-electron chi connectivity index (χ1n) is 15.0. The van der Waals surface area contributed by atoms with Gasteiger partial charge in [-0.1, -0.05) is 12.1 Å². The lowest BCUT2D eigenvalue weighted by atomic mass is 9.60. The molecule has 0 unspecified atom stereocenters. The lowest BCUT2D eigenvalue weighted by Gasteiger charge is -2.55. The Bertz CT molecular complexity index is 1510. The van der Waals surface area contributed by atoms with E-state index in [1.165, 1.54) is 0 Å². The van der Waals surface area contributed by atoms with Crippen LogP contribution < -0.4 is 4.74 Å². The van der Waals surface area contributed by atoms with Crippen molar-refractivity contribution in [2.75, 3.05) is 19.8 Å². The van der Waals surface area contributed by atoms with Crippen LogP contribution in [0.2, 0.25) is 0 Å². The van der Waals surface area contributed by atoms with Crippen LogP contribution in [0.1, 0.15) is 78.9 Å². The molecule has 1 aliphatic heterocycles. The second-order valence-corrected chi connectivity index (χ2v) is 13.0. The number of nitriles is 1. The van der Waals surface area contributed by atoms with Gasteiger partial charge in [-0.2, -0.15) is 17.0 Å². The molecule has 7 heteroatoms. The Morgan fingerprint density at radius 3 is 2.62 bits per heavy atom. The summed E-state index contributed by atoms with van der Waals surface area (Å²) in [6.07, 6.45) is 3.13. The smallest absolute Gasteiger partial charge is 0.419 e. The molecular formula is C32H39N3O3S. The van der Waals surface area contributed by atoms with Crippen molar-refractivity contribution in [3.8, 4) is 11.8 Å². The summed E-state index contributed by atoms with van der Waals surface area (Å²) < 4.78 is 36.2. The van der Waals surface area contributed by atoms with E-state index in [1.54, 1.807) is 17.9 Å². The van der Waals surface area contributed by atoms with Crippen molar-refractivity contribution in [3.63, 3.8) is 0 Å². The lowest BCUT2D eigenvalue weighted by molar-refractivity contribution is -0.00566. The molecular weight excluding hydrogens is 506 g/mol. The first-order chi connectivity index (χ1) is 19.7. The molecule has 2 aliphatic rings. The average molecular weight is 549 g/mol. The van der Waals surface area contributed by atoms with E-state index in [4.69, 9.17) is 13.6 Å². The van der Waals surface area contributed by atoms with E-state index in [9.17, 15) is 10.1 Å². The highest BCUT2D eigenvalue weighted by atomic mass is 32.2. The minimum Gasteiger partial charge on any atom is -0.496 e. The van der Waals surface area contributed by atoms with Crippen molar-refractivity contribution in [1.82, 2.24) is 9.47 Å². The Balaban J connectivity index is 1.48. The van der Waals surface area contributed by atoms with Gasteiger partial charge in [0, 0.05) is 39.1 Å². The number of thioether (sulfide) groups is 1. The number of carbonyl (C=O) groups excluding carboxylic acids is 1. The van der Waals surface area contributed by atoms with Gasteiger partial charge >= 0.3 is 6.09 Å². The molecule has 39 heavy (non-hydrogen) atoms. The topological polar surface area (TPSA) is 67.5 Å². The van der Waals surface area contributed by atoms with Gasteiger partial charge in [0.25, 0.3) is 0 Å². The molecule has 1 saturated heterocycles. The van der Waals surface area contributed by atoms with Gasteiger partial charge in [-0.25, -0.2) is 4.79 Å². The second-order valence-electron chi connectivity index (χ2n) is 12.1. The standard InChI is InChI=1S/C32H39N3O3S/c1-21-15-28(37-5)26(25-11-13-35(29(21)25)30(36)38-31(2,3)4)20-34-14-12-32(16-24(17-32)39-6)18-27(34)23-9-7-22(19-33)8-10-23/h7-11,13,15,24,27H,12,14,16-18,20H2,1-6H3/t24?,27-,32?/m0/s1/i6D3. The third-order valence-corrected chi connectivity index (χ3v) is 8.98. The molecule has 0 amide bonds. The number of methoxy groups -OCH3 is 1. The van der Waals surface area contributed by atoms with E-state index in [0.29, 0.717) is 12.1 Å². The number of rotatable bonds is 5. The molecule has 5 rings (SSSR count). The van der Waals surface area contributed by atoms with E-state index in [1.807, 2.05) is 64.1 Å². The van der Waals surface area contributed by atoms with Crippen molar-refractivity contribution in [2.45, 2.75) is 76.8 Å². The number of carbonyl (C=O) groups is 1. The molecule has 2 fully saturated rings. The number of hydrogen-bond acceptors (Lipinski definition) is 6. The van der Waals surface area contributed by atoms with Gasteiger partial charge in [0.15, 0.2) is 0 Å². The van der Waals surface area contributed by atoms with Crippen LogP contribution in [-0.4, -0.2) is 46.2 Å². The summed E-state index contributed by atoms with van der Waals surface area (Å²) in [5, 5.41) is 10.5. The summed E-state index contributed by atoms with van der Waals surface area (Å²) in [6.45, 7) is 9.01. The van der Waals surface area contributed by atoms with E-state index in [-0.39, 0.29) is 16.7 Å². The Hall–Kier alpha value is -2.95. The molecule has 1 spiro atoms. The third kappa shape index (κ3) is 5.42. The zero-order valence-corrected chi connectivity index (χ0v) is 24.2. The maximum atomic E-state index is 13.1. The molecule has 3 aromatic rings. The largest absolute Gasteiger partial charge is 0.496 e. The lowest BCUT2D eigenvalue weighted by Crippen LogP contribution is -2.49. The van der Waals surface area contributed by atoms with Crippen LogP contribution in [0.3, 0.4) is 0 Å². The monoisotopic (exact) mass is 548 g/mol. The van der Waals surface area contributed by atoms with E-state index < -0.39 is 17.9 Å². The molecule has 2 heterocycles. The SMILES string of the molecule is [2H]C([2H])([2H])SC1CC2(CCN(Cc3c(OC)cc(C)c4c3ccn4C(=O)OC(C)(C)C)[C@H](c3ccc(C#N)cc3)C2)C1. The molecule has 206 valence electrons. The first kappa shape index (κ1) is 23.9. The van der Waals surface area contributed by atoms with Crippen molar-refractivity contribution < 1.29 is 18.4 Å². The first-order valence-corrected chi connectivity index (χ1v) is 14.4. The number of ether oxygens (including phenoxy) is 2. The summed E-state index contributed by atoms with van der Waals surface area (Å²) in [6, 6.07) is 14.1. The summed E-state index contributed by atoms with van der Waals surface area (Å²) >= 11 is 1.13. The fourth-order valence-corrected chi connectivity index (χ4v) is 7.28. The molecule has 1 atom stereocenters. The van der Waals surface area contributed by atoms with Crippen LogP contribution in [-0.2, 0) is 11.3 Å². The van der Waals surface area contributed by atoms with Gasteiger partial charge < -0.3 is 9.47 Å². The number of piperidine rings is 1. The van der Waals surface area contributed by atoms with Crippen LogP contribution in [0.5, 0.6) is 5.75 Å². The third-order valence-electron chi connectivity index (χ3n) is 8.31. The predicted molar refractivity (Wildman–Crippen MR) is 157 cm³/mol. The number of benzene rings is 2. The van der Waals surface area contributed by atoms with Crippen molar-refractivity contribution in [1.29, 1.82) is 5.26 Å². The summed E-state index contributed by atoms with van der Waals surface area (Å²) in [5.41, 5.74) is 4.02. The number of fused-ring (bicyclic) bond motifs is 1. The number of hydrogen-bond donors (Lipinski definition) is 0. The molecule has 1 aliphatic carbocycles. The fraction of sp³-hybridized carbons (Fsp3) is 0.500. The van der Waals surface area contributed by atoms with Gasteiger partial charge in [-0.3, -0.25) is 9.47 Å². The van der Waals surface area contributed by atoms with Crippen LogP contribution in [0.4, 0.5) is 4.79 Å². The van der Waals surface area contributed by atoms with E-state index >= 15 is 0 Å². The van der Waals surface area contributed by atoms with Gasteiger partial charge in [0.05, 0.1) is 24.3 Å². The van der Waals surface area contributed by atoms with Gasteiger partial charge in [-0.15, -0.1) is 0 Å². The van der Waals surface area contributed by atoms with Gasteiger partial charge in [0.1, 0.15) is 11.4 Å². The Kier molecular flexibility index (Phi) is 6.47.